The van der Waals surface area contributed by atoms with Crippen LogP contribution in [0.4, 0.5) is 8.78 Å². The third-order valence-electron chi connectivity index (χ3n) is 3.26. The fourth-order valence-corrected chi connectivity index (χ4v) is 2.36. The molecule has 3 rings (SSSR count). The SMILES string of the molecule is CNC(=O)c1ccnc2c(F)cc(-c3nc(Cl)ncc3F)cc12. The summed E-state index contributed by atoms with van der Waals surface area (Å²) in [5.74, 6) is -1.86. The van der Waals surface area contributed by atoms with Gasteiger partial charge in [-0.15, -0.1) is 0 Å². The average Bonchev–Trinajstić information content (AvgIpc) is 2.55. The van der Waals surface area contributed by atoms with Crippen molar-refractivity contribution in [2.75, 3.05) is 7.05 Å². The molecule has 2 aromatic heterocycles. The molecule has 0 bridgehead atoms. The van der Waals surface area contributed by atoms with E-state index in [1.807, 2.05) is 0 Å². The fourth-order valence-electron chi connectivity index (χ4n) is 2.23. The Labute approximate surface area is 134 Å². The lowest BCUT2D eigenvalue weighted by Crippen LogP contribution is -2.18. The number of fused-ring (bicyclic) bond motifs is 1. The first kappa shape index (κ1) is 15.2. The van der Waals surface area contributed by atoms with Crippen molar-refractivity contribution in [3.8, 4) is 11.3 Å². The summed E-state index contributed by atoms with van der Waals surface area (Å²) in [5.41, 5.74) is 0.210. The molecule has 0 atom stereocenters. The smallest absolute Gasteiger partial charge is 0.251 e. The van der Waals surface area contributed by atoms with Gasteiger partial charge in [-0.3, -0.25) is 9.78 Å². The zero-order valence-electron chi connectivity index (χ0n) is 11.8. The quantitative estimate of drug-likeness (QED) is 0.732. The molecule has 5 nitrogen and oxygen atoms in total. The molecule has 1 N–H and O–H groups in total. The van der Waals surface area contributed by atoms with E-state index in [1.54, 1.807) is 0 Å². The lowest BCUT2D eigenvalue weighted by atomic mass is 10.0. The molecule has 0 saturated heterocycles. The van der Waals surface area contributed by atoms with E-state index in [9.17, 15) is 13.6 Å². The van der Waals surface area contributed by atoms with Crippen LogP contribution >= 0.6 is 11.6 Å². The van der Waals surface area contributed by atoms with Crippen LogP contribution in [0.3, 0.4) is 0 Å². The summed E-state index contributed by atoms with van der Waals surface area (Å²) in [6.45, 7) is 0. The van der Waals surface area contributed by atoms with Crippen molar-refractivity contribution in [3.63, 3.8) is 0 Å². The molecule has 0 saturated carbocycles. The standard InChI is InChI=1S/C15H9ClF2N4O/c1-19-14(23)8-2-3-20-13-9(8)4-7(5-10(13)17)12-11(18)6-21-15(16)22-12/h2-6H,1H3,(H,19,23). The molecule has 0 spiro atoms. The van der Waals surface area contributed by atoms with Crippen LogP contribution in [0.25, 0.3) is 22.2 Å². The molecule has 0 radical (unpaired) electrons. The molecule has 1 aromatic carbocycles. The van der Waals surface area contributed by atoms with Gasteiger partial charge in [-0.05, 0) is 29.8 Å². The molecule has 0 aliphatic heterocycles. The van der Waals surface area contributed by atoms with Crippen LogP contribution in [0.2, 0.25) is 5.28 Å². The van der Waals surface area contributed by atoms with Crippen LogP contribution < -0.4 is 5.32 Å². The lowest BCUT2D eigenvalue weighted by Gasteiger charge is -2.09. The first-order valence-electron chi connectivity index (χ1n) is 6.50. The summed E-state index contributed by atoms with van der Waals surface area (Å²) in [6, 6.07) is 3.98. The fraction of sp³-hybridized carbons (Fsp3) is 0.0667. The highest BCUT2D eigenvalue weighted by Gasteiger charge is 2.16. The van der Waals surface area contributed by atoms with Crippen LogP contribution in [-0.2, 0) is 0 Å². The molecule has 23 heavy (non-hydrogen) atoms. The number of hydrogen-bond donors (Lipinski definition) is 1. The number of carbonyl (C=O) groups excluding carboxylic acids is 1. The summed E-state index contributed by atoms with van der Waals surface area (Å²) >= 11 is 5.67. The van der Waals surface area contributed by atoms with Crippen molar-refractivity contribution in [1.82, 2.24) is 20.3 Å². The Balaban J connectivity index is 2.32. The van der Waals surface area contributed by atoms with Crippen molar-refractivity contribution < 1.29 is 13.6 Å². The van der Waals surface area contributed by atoms with Gasteiger partial charge in [0.25, 0.3) is 5.91 Å². The summed E-state index contributed by atoms with van der Waals surface area (Å²) in [4.78, 5) is 23.1. The van der Waals surface area contributed by atoms with Gasteiger partial charge < -0.3 is 5.32 Å². The van der Waals surface area contributed by atoms with Gasteiger partial charge in [-0.1, -0.05) is 0 Å². The molecule has 0 aliphatic carbocycles. The minimum Gasteiger partial charge on any atom is -0.355 e. The number of halogens is 3. The van der Waals surface area contributed by atoms with Crippen molar-refractivity contribution in [1.29, 1.82) is 0 Å². The normalized spacial score (nSPS) is 10.8. The van der Waals surface area contributed by atoms with E-state index < -0.39 is 17.5 Å². The molecular weight excluding hydrogens is 326 g/mol. The first-order chi connectivity index (χ1) is 11.0. The second kappa shape index (κ2) is 5.85. The molecule has 0 unspecified atom stereocenters. The summed E-state index contributed by atoms with van der Waals surface area (Å²) < 4.78 is 28.2. The number of carbonyl (C=O) groups is 1. The number of aromatic nitrogens is 3. The van der Waals surface area contributed by atoms with Crippen molar-refractivity contribution in [2.45, 2.75) is 0 Å². The Hall–Kier alpha value is -2.67. The van der Waals surface area contributed by atoms with Gasteiger partial charge in [0.15, 0.2) is 5.82 Å². The topological polar surface area (TPSA) is 67.8 Å². The van der Waals surface area contributed by atoms with E-state index in [0.717, 1.165) is 12.3 Å². The highest BCUT2D eigenvalue weighted by atomic mass is 35.5. The molecule has 3 aromatic rings. The van der Waals surface area contributed by atoms with E-state index in [-0.39, 0.29) is 33.0 Å². The Bertz CT molecular complexity index is 933. The highest BCUT2D eigenvalue weighted by Crippen LogP contribution is 2.28. The third kappa shape index (κ3) is 2.70. The monoisotopic (exact) mass is 334 g/mol. The van der Waals surface area contributed by atoms with Crippen LogP contribution in [-0.4, -0.2) is 27.9 Å². The van der Waals surface area contributed by atoms with Crippen LogP contribution in [0.1, 0.15) is 10.4 Å². The minimum atomic E-state index is -0.751. The largest absolute Gasteiger partial charge is 0.355 e. The second-order valence-electron chi connectivity index (χ2n) is 4.63. The zero-order valence-corrected chi connectivity index (χ0v) is 12.5. The van der Waals surface area contributed by atoms with Crippen molar-refractivity contribution >= 4 is 28.4 Å². The van der Waals surface area contributed by atoms with Crippen LogP contribution in [0.5, 0.6) is 0 Å². The van der Waals surface area contributed by atoms with E-state index in [1.165, 1.54) is 25.4 Å². The number of rotatable bonds is 2. The Kier molecular flexibility index (Phi) is 3.87. The van der Waals surface area contributed by atoms with Gasteiger partial charge in [0, 0.05) is 24.2 Å². The van der Waals surface area contributed by atoms with Gasteiger partial charge in [-0.25, -0.2) is 18.7 Å². The van der Waals surface area contributed by atoms with E-state index in [0.29, 0.717) is 0 Å². The molecule has 2 heterocycles. The Morgan fingerprint density at radius 1 is 1.22 bits per heavy atom. The van der Waals surface area contributed by atoms with E-state index in [2.05, 4.69) is 20.3 Å². The molecule has 116 valence electrons. The summed E-state index contributed by atoms with van der Waals surface area (Å²) in [6.07, 6.45) is 2.23. The number of hydrogen-bond acceptors (Lipinski definition) is 4. The molecule has 8 heteroatoms. The first-order valence-corrected chi connectivity index (χ1v) is 6.88. The molecule has 1 amide bonds. The van der Waals surface area contributed by atoms with Gasteiger partial charge >= 0.3 is 0 Å². The number of pyridine rings is 1. The highest BCUT2D eigenvalue weighted by molar-refractivity contribution is 6.28. The maximum Gasteiger partial charge on any atom is 0.251 e. The van der Waals surface area contributed by atoms with Gasteiger partial charge in [0.2, 0.25) is 5.28 Å². The maximum atomic E-state index is 14.3. The maximum absolute atomic E-state index is 14.3. The minimum absolute atomic E-state index is 0.00964. The number of nitrogens with zero attached hydrogens (tertiary/aromatic N) is 3. The van der Waals surface area contributed by atoms with Crippen molar-refractivity contribution in [3.05, 3.63) is 53.1 Å². The summed E-state index contributed by atoms with van der Waals surface area (Å²) in [5, 5.41) is 2.54. The third-order valence-corrected chi connectivity index (χ3v) is 3.44. The number of nitrogens with one attached hydrogen (secondary N) is 1. The molecule has 0 fully saturated rings. The average molecular weight is 335 g/mol. The Morgan fingerprint density at radius 3 is 2.74 bits per heavy atom. The van der Waals surface area contributed by atoms with Gasteiger partial charge in [0.05, 0.1) is 11.8 Å². The summed E-state index contributed by atoms with van der Waals surface area (Å²) in [7, 11) is 1.46. The lowest BCUT2D eigenvalue weighted by molar-refractivity contribution is 0.0964. The van der Waals surface area contributed by atoms with Gasteiger partial charge in [-0.2, -0.15) is 0 Å². The molecular formula is C15H9ClF2N4O. The van der Waals surface area contributed by atoms with E-state index in [4.69, 9.17) is 11.6 Å². The van der Waals surface area contributed by atoms with Crippen molar-refractivity contribution in [2.24, 2.45) is 0 Å². The second-order valence-corrected chi connectivity index (χ2v) is 4.97. The predicted molar refractivity (Wildman–Crippen MR) is 81.1 cm³/mol. The number of benzene rings is 1. The zero-order chi connectivity index (χ0) is 16.6. The van der Waals surface area contributed by atoms with E-state index >= 15 is 0 Å². The van der Waals surface area contributed by atoms with Crippen LogP contribution in [0.15, 0.2) is 30.6 Å². The molecule has 0 aliphatic rings. The predicted octanol–water partition coefficient (Wildman–Crippen LogP) is 2.98. The number of amides is 1. The van der Waals surface area contributed by atoms with Gasteiger partial charge in [0.1, 0.15) is 17.0 Å². The Morgan fingerprint density at radius 2 is 2.00 bits per heavy atom. The van der Waals surface area contributed by atoms with Crippen LogP contribution in [0, 0.1) is 11.6 Å².